The Kier molecular flexibility index (Phi) is 1.15. The van der Waals surface area contributed by atoms with Crippen LogP contribution in [0.25, 0.3) is 0 Å². The van der Waals surface area contributed by atoms with E-state index in [9.17, 15) is 10.2 Å². The van der Waals surface area contributed by atoms with Gasteiger partial charge in [-0.1, -0.05) is 24.3 Å². The van der Waals surface area contributed by atoms with Gasteiger partial charge in [-0.05, 0) is 5.92 Å². The predicted octanol–water partition coefficient (Wildman–Crippen LogP) is 0.326. The molecule has 3 aliphatic rings. The highest BCUT2D eigenvalue weighted by molar-refractivity contribution is 5.27. The molecule has 0 heterocycles. The van der Waals surface area contributed by atoms with Crippen LogP contribution in [0.4, 0.5) is 0 Å². The summed E-state index contributed by atoms with van der Waals surface area (Å²) in [5, 5.41) is 19.4. The first-order valence-electron chi connectivity index (χ1n) is 4.52. The molecule has 0 radical (unpaired) electrons. The van der Waals surface area contributed by atoms with E-state index < -0.39 is 0 Å². The number of aliphatic hydroxyl groups excluding tert-OH is 2. The van der Waals surface area contributed by atoms with E-state index in [0.717, 1.165) is 0 Å². The Labute approximate surface area is 71.2 Å². The van der Waals surface area contributed by atoms with Crippen LogP contribution in [0.15, 0.2) is 24.3 Å². The van der Waals surface area contributed by atoms with E-state index in [2.05, 4.69) is 18.2 Å². The van der Waals surface area contributed by atoms with Crippen LogP contribution in [0.5, 0.6) is 0 Å². The monoisotopic (exact) mass is 164 g/mol. The molecule has 0 aromatic rings. The van der Waals surface area contributed by atoms with E-state index >= 15 is 0 Å². The molecular formula is C10H12O2. The maximum Gasteiger partial charge on any atom is 0.0761 e. The maximum atomic E-state index is 9.74. The number of hydrogen-bond donors (Lipinski definition) is 2. The van der Waals surface area contributed by atoms with Crippen LogP contribution >= 0.6 is 0 Å². The molecule has 0 aromatic carbocycles. The van der Waals surface area contributed by atoms with E-state index in [1.165, 1.54) is 0 Å². The average molecular weight is 164 g/mol. The van der Waals surface area contributed by atoms with Crippen molar-refractivity contribution in [1.82, 2.24) is 0 Å². The molecule has 0 spiro atoms. The minimum absolute atomic E-state index is 0.199. The van der Waals surface area contributed by atoms with Gasteiger partial charge in [-0.3, -0.25) is 0 Å². The quantitative estimate of drug-likeness (QED) is 0.506. The Balaban J connectivity index is 2.03. The van der Waals surface area contributed by atoms with Gasteiger partial charge in [-0.15, -0.1) is 0 Å². The lowest BCUT2D eigenvalue weighted by atomic mass is 9.84. The van der Waals surface area contributed by atoms with Crippen molar-refractivity contribution >= 4 is 0 Å². The summed E-state index contributed by atoms with van der Waals surface area (Å²) in [7, 11) is 0. The second-order valence-electron chi connectivity index (χ2n) is 4.06. The number of fused-ring (bicyclic) bond motifs is 5. The molecule has 3 aliphatic carbocycles. The van der Waals surface area contributed by atoms with E-state index in [4.69, 9.17) is 0 Å². The third-order valence-corrected chi connectivity index (χ3v) is 3.60. The van der Waals surface area contributed by atoms with Gasteiger partial charge < -0.3 is 10.2 Å². The third kappa shape index (κ3) is 0.595. The van der Waals surface area contributed by atoms with Crippen molar-refractivity contribution in [2.24, 2.45) is 23.7 Å². The number of rotatable bonds is 0. The second kappa shape index (κ2) is 2.01. The van der Waals surface area contributed by atoms with E-state index in [0.29, 0.717) is 5.92 Å². The van der Waals surface area contributed by atoms with E-state index in [1.807, 2.05) is 6.08 Å². The molecule has 0 saturated heterocycles. The molecule has 3 rings (SSSR count). The molecule has 0 unspecified atom stereocenters. The molecule has 2 nitrogen and oxygen atoms in total. The number of allylic oxidation sites excluding steroid dienone is 1. The molecule has 0 amide bonds. The molecule has 2 bridgehead atoms. The van der Waals surface area contributed by atoms with Crippen LogP contribution in [0, 0.1) is 23.7 Å². The van der Waals surface area contributed by atoms with Crippen molar-refractivity contribution in [2.45, 2.75) is 12.2 Å². The Morgan fingerprint density at radius 1 is 0.750 bits per heavy atom. The van der Waals surface area contributed by atoms with Crippen molar-refractivity contribution in [3.8, 4) is 0 Å². The fourth-order valence-electron chi connectivity index (χ4n) is 3.05. The Morgan fingerprint density at radius 2 is 1.42 bits per heavy atom. The summed E-state index contributed by atoms with van der Waals surface area (Å²) in [6.45, 7) is 0. The van der Waals surface area contributed by atoms with Crippen LogP contribution in [0.3, 0.4) is 0 Å². The molecule has 12 heavy (non-hydrogen) atoms. The van der Waals surface area contributed by atoms with Crippen LogP contribution in [0.1, 0.15) is 0 Å². The first-order chi connectivity index (χ1) is 5.79. The zero-order valence-electron chi connectivity index (χ0n) is 6.67. The van der Waals surface area contributed by atoms with Crippen molar-refractivity contribution in [3.05, 3.63) is 24.3 Å². The van der Waals surface area contributed by atoms with E-state index in [-0.39, 0.29) is 30.0 Å². The average Bonchev–Trinajstić information content (AvgIpc) is 2.66. The van der Waals surface area contributed by atoms with Crippen molar-refractivity contribution in [1.29, 1.82) is 0 Å². The summed E-state index contributed by atoms with van der Waals surface area (Å²) in [6, 6.07) is 0. The smallest absolute Gasteiger partial charge is 0.0761 e. The number of hydrogen-bond acceptors (Lipinski definition) is 2. The van der Waals surface area contributed by atoms with Gasteiger partial charge in [0.2, 0.25) is 0 Å². The summed E-state index contributed by atoms with van der Waals surface area (Å²) in [4.78, 5) is 0. The van der Waals surface area contributed by atoms with Crippen molar-refractivity contribution in [2.75, 3.05) is 0 Å². The summed E-state index contributed by atoms with van der Waals surface area (Å²) >= 11 is 0. The van der Waals surface area contributed by atoms with Gasteiger partial charge in [0, 0.05) is 17.8 Å². The summed E-state index contributed by atoms with van der Waals surface area (Å²) in [5.74, 6) is 1.12. The second-order valence-corrected chi connectivity index (χ2v) is 4.06. The molecule has 6 atom stereocenters. The molecule has 1 saturated carbocycles. The predicted molar refractivity (Wildman–Crippen MR) is 44.3 cm³/mol. The largest absolute Gasteiger partial charge is 0.392 e. The highest BCUT2D eigenvalue weighted by Gasteiger charge is 2.53. The topological polar surface area (TPSA) is 40.5 Å². The highest BCUT2D eigenvalue weighted by Crippen LogP contribution is 2.52. The van der Waals surface area contributed by atoms with Gasteiger partial charge in [-0.2, -0.15) is 0 Å². The summed E-state index contributed by atoms with van der Waals surface area (Å²) in [6.07, 6.45) is 7.52. The first kappa shape index (κ1) is 6.87. The fourth-order valence-corrected chi connectivity index (χ4v) is 3.05. The lowest BCUT2D eigenvalue weighted by Crippen LogP contribution is -2.25. The van der Waals surface area contributed by atoms with Gasteiger partial charge in [0.05, 0.1) is 12.2 Å². The summed E-state index contributed by atoms with van der Waals surface area (Å²) in [5.41, 5.74) is 0. The van der Waals surface area contributed by atoms with Crippen LogP contribution in [-0.4, -0.2) is 22.4 Å². The Hall–Kier alpha value is -0.600. The van der Waals surface area contributed by atoms with Gasteiger partial charge in [0.25, 0.3) is 0 Å². The molecule has 2 N–H and O–H groups in total. The van der Waals surface area contributed by atoms with Gasteiger partial charge in [0.1, 0.15) is 0 Å². The zero-order valence-corrected chi connectivity index (χ0v) is 6.67. The Bertz CT molecular complexity index is 269. The molecule has 1 fully saturated rings. The van der Waals surface area contributed by atoms with Gasteiger partial charge >= 0.3 is 0 Å². The van der Waals surface area contributed by atoms with Crippen LogP contribution in [0.2, 0.25) is 0 Å². The third-order valence-electron chi connectivity index (χ3n) is 3.60. The summed E-state index contributed by atoms with van der Waals surface area (Å²) < 4.78 is 0. The molecular weight excluding hydrogens is 152 g/mol. The molecule has 0 aliphatic heterocycles. The normalized spacial score (nSPS) is 59.8. The van der Waals surface area contributed by atoms with Gasteiger partial charge in [0.15, 0.2) is 0 Å². The zero-order chi connectivity index (χ0) is 8.29. The standard InChI is InChI=1S/C10H12O2/c11-8-4-3-5-6-1-2-7(9(5)8)10(6)12/h1-12H/t5-,6-,7-,8+,9+,10+/m0/s1. The van der Waals surface area contributed by atoms with Crippen molar-refractivity contribution < 1.29 is 10.2 Å². The lowest BCUT2D eigenvalue weighted by Gasteiger charge is -2.21. The minimum atomic E-state index is -0.329. The SMILES string of the molecule is O[C@@H]1[C@H]2C=C[C@H]1[C@H]1[C@H]2C=C[C@H]1O. The maximum absolute atomic E-state index is 9.74. The fraction of sp³-hybridized carbons (Fsp3) is 0.600. The number of aliphatic hydroxyl groups is 2. The van der Waals surface area contributed by atoms with E-state index in [1.54, 1.807) is 0 Å². The first-order valence-corrected chi connectivity index (χ1v) is 4.52. The van der Waals surface area contributed by atoms with Crippen LogP contribution in [-0.2, 0) is 0 Å². The molecule has 0 aromatic heterocycles. The Morgan fingerprint density at radius 3 is 2.17 bits per heavy atom. The minimum Gasteiger partial charge on any atom is -0.392 e. The van der Waals surface area contributed by atoms with Gasteiger partial charge in [-0.25, -0.2) is 0 Å². The lowest BCUT2D eigenvalue weighted by molar-refractivity contribution is 0.0966. The van der Waals surface area contributed by atoms with Crippen molar-refractivity contribution in [3.63, 3.8) is 0 Å². The van der Waals surface area contributed by atoms with Crippen LogP contribution < -0.4 is 0 Å². The molecule has 64 valence electrons. The molecule has 2 heteroatoms. The highest BCUT2D eigenvalue weighted by atomic mass is 16.3.